The molecule has 2 aromatic heterocycles. The minimum atomic E-state index is -0.112. The van der Waals surface area contributed by atoms with Crippen LogP contribution in [0, 0.1) is 5.92 Å². The van der Waals surface area contributed by atoms with Crippen molar-refractivity contribution < 1.29 is 14.4 Å². The number of benzene rings is 2. The molecule has 1 fully saturated rings. The van der Waals surface area contributed by atoms with Crippen LogP contribution in [0.15, 0.2) is 45.8 Å². The first-order chi connectivity index (χ1) is 15.0. The van der Waals surface area contributed by atoms with E-state index < -0.39 is 0 Å². The lowest BCUT2D eigenvalue weighted by Gasteiger charge is -2.29. The van der Waals surface area contributed by atoms with Gasteiger partial charge in [-0.2, -0.15) is 0 Å². The van der Waals surface area contributed by atoms with Crippen LogP contribution in [0.25, 0.3) is 31.8 Å². The molecule has 0 atom stereocenters. The van der Waals surface area contributed by atoms with E-state index in [1.165, 1.54) is 35.3 Å². The van der Waals surface area contributed by atoms with Crippen molar-refractivity contribution in [3.63, 3.8) is 0 Å². The maximum Gasteiger partial charge on any atom is 0.202 e. The predicted molar refractivity (Wildman–Crippen MR) is 123 cm³/mol. The lowest BCUT2D eigenvalue weighted by atomic mass is 9.97. The second-order valence-electron chi connectivity index (χ2n) is 8.65. The van der Waals surface area contributed by atoms with Gasteiger partial charge in [0.15, 0.2) is 0 Å². The fourth-order valence-electron chi connectivity index (χ4n) is 4.54. The molecule has 160 valence electrons. The first-order valence-electron chi connectivity index (χ1n) is 11.0. The van der Waals surface area contributed by atoms with E-state index in [1.54, 1.807) is 6.07 Å². The number of aryl methyl sites for hydroxylation is 1. The van der Waals surface area contributed by atoms with E-state index in [9.17, 15) is 9.90 Å². The number of thiazole rings is 1. The highest BCUT2D eigenvalue weighted by Crippen LogP contribution is 2.32. The quantitative estimate of drug-likeness (QED) is 0.534. The monoisotopic (exact) mass is 434 g/mol. The molecule has 2 aromatic carbocycles. The largest absolute Gasteiger partial charge is 0.872 e. The number of hydrogen-bond donors (Lipinski definition) is 1. The third-order valence-electron chi connectivity index (χ3n) is 6.50. The van der Waals surface area contributed by atoms with Crippen molar-refractivity contribution in [3.8, 4) is 16.3 Å². The molecular formula is C25H26N2O3S. The molecule has 3 heterocycles. The number of aromatic nitrogens is 1. The zero-order chi connectivity index (χ0) is 21.5. The summed E-state index contributed by atoms with van der Waals surface area (Å²) in [7, 11) is 0. The van der Waals surface area contributed by atoms with Crippen LogP contribution in [0.1, 0.15) is 37.8 Å². The summed E-state index contributed by atoms with van der Waals surface area (Å²) in [5.41, 5.74) is 2.99. The Hall–Kier alpha value is -2.70. The first-order valence-corrected chi connectivity index (χ1v) is 11.8. The Bertz CT molecular complexity index is 1280. The molecule has 1 aliphatic heterocycles. The van der Waals surface area contributed by atoms with Crippen molar-refractivity contribution in [2.75, 3.05) is 13.1 Å². The van der Waals surface area contributed by atoms with Crippen LogP contribution >= 0.6 is 11.3 Å². The Morgan fingerprint density at radius 1 is 1.26 bits per heavy atom. The molecule has 5 nitrogen and oxygen atoms in total. The van der Waals surface area contributed by atoms with E-state index in [0.29, 0.717) is 45.6 Å². The van der Waals surface area contributed by atoms with Crippen molar-refractivity contribution in [2.24, 2.45) is 5.92 Å². The van der Waals surface area contributed by atoms with Crippen LogP contribution in [0.2, 0.25) is 0 Å². The fraction of sp³-hybridized carbons (Fsp3) is 0.360. The van der Waals surface area contributed by atoms with Gasteiger partial charge in [-0.25, -0.2) is 4.98 Å². The van der Waals surface area contributed by atoms with Crippen molar-refractivity contribution in [2.45, 2.75) is 39.7 Å². The van der Waals surface area contributed by atoms with Crippen molar-refractivity contribution in [3.05, 3.63) is 57.9 Å². The van der Waals surface area contributed by atoms with Crippen LogP contribution in [0.4, 0.5) is 0 Å². The number of quaternary nitrogens is 1. The Balaban J connectivity index is 1.63. The number of rotatable bonds is 4. The van der Waals surface area contributed by atoms with E-state index in [2.05, 4.69) is 11.9 Å². The van der Waals surface area contributed by atoms with Gasteiger partial charge in [-0.1, -0.05) is 37.3 Å². The normalized spacial score (nSPS) is 19.3. The molecule has 31 heavy (non-hydrogen) atoms. The molecule has 6 heteroatoms. The highest BCUT2D eigenvalue weighted by molar-refractivity contribution is 7.21. The van der Waals surface area contributed by atoms with Gasteiger partial charge in [0.05, 0.1) is 34.3 Å². The SMILES string of the molecule is CCc1cc2c(=O)c(-c3nc4ccccc4s3)coc2c(C[NH+]2CCC(C)CC2)c1[O-]. The summed E-state index contributed by atoms with van der Waals surface area (Å²) in [6.45, 7) is 6.95. The van der Waals surface area contributed by atoms with Gasteiger partial charge in [-0.05, 0) is 43.4 Å². The first kappa shape index (κ1) is 20.2. The minimum absolute atomic E-state index is 0.0250. The summed E-state index contributed by atoms with van der Waals surface area (Å²) < 4.78 is 7.03. The molecule has 0 radical (unpaired) electrons. The highest BCUT2D eigenvalue weighted by Gasteiger charge is 2.23. The smallest absolute Gasteiger partial charge is 0.202 e. The number of nitrogens with zero attached hydrogens (tertiary/aromatic N) is 1. The summed E-state index contributed by atoms with van der Waals surface area (Å²) in [6, 6.07) is 9.58. The lowest BCUT2D eigenvalue weighted by Crippen LogP contribution is -3.11. The van der Waals surface area contributed by atoms with Gasteiger partial charge in [0.1, 0.15) is 23.4 Å². The average molecular weight is 435 g/mol. The molecule has 0 saturated carbocycles. The van der Waals surface area contributed by atoms with Crippen molar-refractivity contribution in [1.29, 1.82) is 0 Å². The number of nitrogens with one attached hydrogen (secondary N) is 1. The standard InChI is InChI=1S/C25H26N2O3S/c1-3-16-12-17-23(29)19(25-26-20-6-4-5-7-21(20)31-25)14-30-24(17)18(22(16)28)13-27-10-8-15(2)9-11-27/h4-7,12,14-15,28H,3,8-11,13H2,1-2H3. The van der Waals surface area contributed by atoms with Gasteiger partial charge in [-0.3, -0.25) is 4.79 Å². The van der Waals surface area contributed by atoms with Crippen LogP contribution in [-0.2, 0) is 13.0 Å². The van der Waals surface area contributed by atoms with Gasteiger partial charge in [0, 0.05) is 5.56 Å². The highest BCUT2D eigenvalue weighted by atomic mass is 32.1. The number of hydrogen-bond acceptors (Lipinski definition) is 5. The Morgan fingerprint density at radius 3 is 2.77 bits per heavy atom. The maximum absolute atomic E-state index is 13.5. The Labute approximate surface area is 185 Å². The van der Waals surface area contributed by atoms with Gasteiger partial charge < -0.3 is 14.4 Å². The summed E-state index contributed by atoms with van der Waals surface area (Å²) in [4.78, 5) is 19.5. The summed E-state index contributed by atoms with van der Waals surface area (Å²) in [5.74, 6) is 0.764. The van der Waals surface area contributed by atoms with E-state index in [0.717, 1.165) is 29.2 Å². The van der Waals surface area contributed by atoms with E-state index in [-0.39, 0.29) is 11.2 Å². The maximum atomic E-state index is 13.5. The number of likely N-dealkylation sites (tertiary alicyclic amines) is 1. The van der Waals surface area contributed by atoms with Gasteiger partial charge in [-0.15, -0.1) is 11.3 Å². The van der Waals surface area contributed by atoms with Crippen LogP contribution in [-0.4, -0.2) is 18.1 Å². The molecule has 0 aliphatic carbocycles. The van der Waals surface area contributed by atoms with Gasteiger partial charge in [0.2, 0.25) is 5.43 Å². The zero-order valence-corrected chi connectivity index (χ0v) is 18.7. The second-order valence-corrected chi connectivity index (χ2v) is 9.68. The number of piperidine rings is 1. The fourth-order valence-corrected chi connectivity index (χ4v) is 5.51. The molecule has 0 amide bonds. The third kappa shape index (κ3) is 3.64. The number of fused-ring (bicyclic) bond motifs is 2. The van der Waals surface area contributed by atoms with Crippen molar-refractivity contribution >= 4 is 32.5 Å². The molecule has 5 rings (SSSR count). The summed E-state index contributed by atoms with van der Waals surface area (Å²) >= 11 is 1.48. The van der Waals surface area contributed by atoms with E-state index in [1.807, 2.05) is 31.2 Å². The summed E-state index contributed by atoms with van der Waals surface area (Å²) in [6.07, 6.45) is 4.42. The predicted octanol–water partition coefficient (Wildman–Crippen LogP) is 3.52. The second kappa shape index (κ2) is 8.09. The molecule has 0 spiro atoms. The lowest BCUT2D eigenvalue weighted by molar-refractivity contribution is -0.919. The van der Waals surface area contributed by atoms with Crippen LogP contribution in [0.5, 0.6) is 5.75 Å². The third-order valence-corrected chi connectivity index (χ3v) is 7.57. The van der Waals surface area contributed by atoms with Gasteiger partial charge >= 0.3 is 0 Å². The molecular weight excluding hydrogens is 408 g/mol. The Morgan fingerprint density at radius 2 is 2.03 bits per heavy atom. The summed E-state index contributed by atoms with van der Waals surface area (Å²) in [5, 5.41) is 14.3. The number of para-hydroxylation sites is 1. The Kier molecular flexibility index (Phi) is 5.28. The molecule has 0 unspecified atom stereocenters. The zero-order valence-electron chi connectivity index (χ0n) is 17.9. The topological polar surface area (TPSA) is 70.6 Å². The van der Waals surface area contributed by atoms with Crippen LogP contribution in [0.3, 0.4) is 0 Å². The average Bonchev–Trinajstić information content (AvgIpc) is 3.21. The molecule has 1 saturated heterocycles. The molecule has 0 bridgehead atoms. The van der Waals surface area contributed by atoms with Gasteiger partial charge in [0.25, 0.3) is 0 Å². The molecule has 1 N–H and O–H groups in total. The van der Waals surface area contributed by atoms with E-state index >= 15 is 0 Å². The minimum Gasteiger partial charge on any atom is -0.872 e. The molecule has 1 aliphatic rings. The van der Waals surface area contributed by atoms with E-state index in [4.69, 9.17) is 4.42 Å². The van der Waals surface area contributed by atoms with Crippen LogP contribution < -0.4 is 15.4 Å². The van der Waals surface area contributed by atoms with Crippen molar-refractivity contribution in [1.82, 2.24) is 4.98 Å². The molecule has 4 aromatic rings.